The van der Waals surface area contributed by atoms with Crippen LogP contribution in [-0.4, -0.2) is 106 Å². The SMILES string of the molecule is C[C@H](C(=O)N[C@H](C)c1cccc(N2CCN(CCO)CC2)n1)N1Cc2ccc(-c3nc(NC4CCOCC4)ncc3Cl)cc2C1=O. The minimum atomic E-state index is -0.688. The Balaban J connectivity index is 1.09. The van der Waals surface area contributed by atoms with E-state index in [-0.39, 0.29) is 30.5 Å². The van der Waals surface area contributed by atoms with E-state index in [9.17, 15) is 14.7 Å². The van der Waals surface area contributed by atoms with E-state index in [1.807, 2.05) is 37.3 Å². The number of piperazine rings is 1. The number of nitrogens with zero attached hydrogens (tertiary/aromatic N) is 6. The van der Waals surface area contributed by atoms with Crippen LogP contribution in [0.15, 0.2) is 42.6 Å². The van der Waals surface area contributed by atoms with Crippen LogP contribution in [0.4, 0.5) is 11.8 Å². The Labute approximate surface area is 274 Å². The first-order valence-corrected chi connectivity index (χ1v) is 16.3. The molecule has 46 heavy (non-hydrogen) atoms. The summed E-state index contributed by atoms with van der Waals surface area (Å²) in [7, 11) is 0. The number of fused-ring (bicyclic) bond motifs is 1. The molecule has 0 radical (unpaired) electrons. The molecule has 3 aliphatic rings. The van der Waals surface area contributed by atoms with Crippen LogP contribution < -0.4 is 15.5 Å². The van der Waals surface area contributed by atoms with E-state index < -0.39 is 6.04 Å². The highest BCUT2D eigenvalue weighted by Gasteiger charge is 2.35. The van der Waals surface area contributed by atoms with Crippen LogP contribution in [0.1, 0.15) is 54.3 Å². The van der Waals surface area contributed by atoms with E-state index in [4.69, 9.17) is 21.3 Å². The number of carbonyl (C=O) groups is 2. The molecule has 13 heteroatoms. The molecule has 6 rings (SSSR count). The van der Waals surface area contributed by atoms with Crippen molar-refractivity contribution in [3.8, 4) is 11.3 Å². The maximum Gasteiger partial charge on any atom is 0.255 e. The zero-order chi connectivity index (χ0) is 32.2. The lowest BCUT2D eigenvalue weighted by Gasteiger charge is -2.35. The molecule has 2 saturated heterocycles. The smallest absolute Gasteiger partial charge is 0.255 e. The number of anilines is 2. The van der Waals surface area contributed by atoms with Gasteiger partial charge in [-0.25, -0.2) is 15.0 Å². The van der Waals surface area contributed by atoms with Gasteiger partial charge in [0.05, 0.1) is 35.3 Å². The van der Waals surface area contributed by atoms with Crippen molar-refractivity contribution >= 4 is 35.2 Å². The molecular weight excluding hydrogens is 608 g/mol. The molecule has 0 saturated carbocycles. The van der Waals surface area contributed by atoms with Gasteiger partial charge in [0.25, 0.3) is 5.91 Å². The molecule has 2 fully saturated rings. The second kappa shape index (κ2) is 14.3. The molecule has 3 aromatic rings. The van der Waals surface area contributed by atoms with Crippen LogP contribution in [0.25, 0.3) is 11.3 Å². The molecule has 2 amide bonds. The minimum Gasteiger partial charge on any atom is -0.395 e. The van der Waals surface area contributed by atoms with Gasteiger partial charge in [0.15, 0.2) is 0 Å². The van der Waals surface area contributed by atoms with E-state index in [2.05, 4.69) is 30.4 Å². The van der Waals surface area contributed by atoms with Crippen molar-refractivity contribution in [3.63, 3.8) is 0 Å². The zero-order valence-corrected chi connectivity index (χ0v) is 27.0. The van der Waals surface area contributed by atoms with Crippen LogP contribution in [0, 0.1) is 0 Å². The third-order valence-electron chi connectivity index (χ3n) is 9.03. The van der Waals surface area contributed by atoms with Crippen LogP contribution >= 0.6 is 11.6 Å². The number of β-amino-alcohol motifs (C(OH)–C–C–N with tert-alkyl or cyclic N) is 1. The third-order valence-corrected chi connectivity index (χ3v) is 9.31. The normalized spacial score (nSPS) is 18.7. The molecule has 3 aliphatic heterocycles. The minimum absolute atomic E-state index is 0.160. The van der Waals surface area contributed by atoms with Gasteiger partial charge in [-0.15, -0.1) is 0 Å². The number of halogens is 1. The highest BCUT2D eigenvalue weighted by atomic mass is 35.5. The van der Waals surface area contributed by atoms with Crippen LogP contribution in [0.5, 0.6) is 0 Å². The van der Waals surface area contributed by atoms with Crippen LogP contribution in [0.3, 0.4) is 0 Å². The maximum absolute atomic E-state index is 13.6. The van der Waals surface area contributed by atoms with E-state index in [1.165, 1.54) is 0 Å². The third kappa shape index (κ3) is 7.10. The number of benzene rings is 1. The summed E-state index contributed by atoms with van der Waals surface area (Å²) in [5, 5.41) is 16.0. The highest BCUT2D eigenvalue weighted by molar-refractivity contribution is 6.33. The number of ether oxygens (including phenoxy) is 1. The lowest BCUT2D eigenvalue weighted by atomic mass is 10.0. The fraction of sp³-hybridized carbons (Fsp3) is 0.485. The number of aromatic nitrogens is 3. The summed E-state index contributed by atoms with van der Waals surface area (Å²) in [4.78, 5) is 46.9. The van der Waals surface area contributed by atoms with Crippen molar-refractivity contribution in [3.05, 3.63) is 64.4 Å². The Morgan fingerprint density at radius 1 is 1.11 bits per heavy atom. The predicted octanol–water partition coefficient (Wildman–Crippen LogP) is 3.12. The number of rotatable bonds is 10. The van der Waals surface area contributed by atoms with E-state index in [1.54, 1.807) is 24.1 Å². The Bertz CT molecular complexity index is 1560. The summed E-state index contributed by atoms with van der Waals surface area (Å²) < 4.78 is 5.44. The monoisotopic (exact) mass is 648 g/mol. The van der Waals surface area contributed by atoms with Crippen molar-refractivity contribution in [2.45, 2.75) is 51.4 Å². The van der Waals surface area contributed by atoms with Gasteiger partial charge in [0.2, 0.25) is 11.9 Å². The first-order chi connectivity index (χ1) is 22.3. The maximum atomic E-state index is 13.6. The van der Waals surface area contributed by atoms with Gasteiger partial charge in [-0.05, 0) is 50.5 Å². The van der Waals surface area contributed by atoms with Gasteiger partial charge < -0.3 is 30.3 Å². The van der Waals surface area contributed by atoms with Crippen molar-refractivity contribution in [1.29, 1.82) is 0 Å². The van der Waals surface area contributed by atoms with E-state index in [0.717, 1.165) is 56.1 Å². The Hall–Kier alpha value is -3.84. The Kier molecular flexibility index (Phi) is 9.98. The molecule has 0 unspecified atom stereocenters. The van der Waals surface area contributed by atoms with E-state index in [0.29, 0.717) is 54.1 Å². The molecule has 0 aliphatic carbocycles. The lowest BCUT2D eigenvalue weighted by molar-refractivity contribution is -0.125. The summed E-state index contributed by atoms with van der Waals surface area (Å²) in [5.74, 6) is 0.895. The molecule has 1 aromatic carbocycles. The molecule has 3 N–H and O–H groups in total. The summed E-state index contributed by atoms with van der Waals surface area (Å²) in [5.41, 5.74) is 3.39. The quantitative estimate of drug-likeness (QED) is 0.301. The number of amides is 2. The summed E-state index contributed by atoms with van der Waals surface area (Å²) in [6.07, 6.45) is 3.33. The molecule has 244 valence electrons. The number of hydrogen-bond donors (Lipinski definition) is 3. The molecule has 0 bridgehead atoms. The Morgan fingerprint density at radius 2 is 1.89 bits per heavy atom. The van der Waals surface area contributed by atoms with Crippen LogP contribution in [0.2, 0.25) is 5.02 Å². The molecular formula is C33H41ClN8O4. The molecule has 2 atom stereocenters. The van der Waals surface area contributed by atoms with Gasteiger partial charge in [-0.1, -0.05) is 29.8 Å². The highest BCUT2D eigenvalue weighted by Crippen LogP contribution is 2.32. The van der Waals surface area contributed by atoms with Gasteiger partial charge in [0.1, 0.15) is 11.9 Å². The Morgan fingerprint density at radius 3 is 2.65 bits per heavy atom. The number of pyridine rings is 1. The van der Waals surface area contributed by atoms with E-state index >= 15 is 0 Å². The number of nitrogens with one attached hydrogen (secondary N) is 2. The second-order valence-corrected chi connectivity index (χ2v) is 12.5. The molecule has 12 nitrogen and oxygen atoms in total. The lowest BCUT2D eigenvalue weighted by Crippen LogP contribution is -2.47. The van der Waals surface area contributed by atoms with Crippen molar-refractivity contribution in [2.75, 3.05) is 62.8 Å². The fourth-order valence-electron chi connectivity index (χ4n) is 6.20. The summed E-state index contributed by atoms with van der Waals surface area (Å²) >= 11 is 6.51. The number of hydrogen-bond acceptors (Lipinski definition) is 10. The average molecular weight is 649 g/mol. The average Bonchev–Trinajstić information content (AvgIpc) is 3.41. The first kappa shape index (κ1) is 32.1. The molecule has 2 aromatic heterocycles. The molecule has 0 spiro atoms. The topological polar surface area (TPSA) is 136 Å². The number of aliphatic hydroxyl groups is 1. The summed E-state index contributed by atoms with van der Waals surface area (Å²) in [6, 6.07) is 10.6. The first-order valence-electron chi connectivity index (χ1n) is 16.0. The number of carbonyl (C=O) groups excluding carboxylic acids is 2. The van der Waals surface area contributed by atoms with Gasteiger partial charge in [0, 0.05) is 69.7 Å². The predicted molar refractivity (Wildman–Crippen MR) is 176 cm³/mol. The van der Waals surface area contributed by atoms with Gasteiger partial charge in [-0.3, -0.25) is 14.5 Å². The van der Waals surface area contributed by atoms with Crippen LogP contribution in [-0.2, 0) is 16.1 Å². The van der Waals surface area contributed by atoms with Crippen molar-refractivity contribution < 1.29 is 19.4 Å². The largest absolute Gasteiger partial charge is 0.395 e. The second-order valence-electron chi connectivity index (χ2n) is 12.1. The van der Waals surface area contributed by atoms with Gasteiger partial charge in [-0.2, -0.15) is 0 Å². The standard InChI is InChI=1S/C33H41ClN8O4/c1-21(28-4-3-5-29(38-28)41-12-10-40(11-13-41)14-15-43)36-31(44)22(2)42-20-24-7-6-23(18-26(24)32(42)45)30-27(34)19-35-33(39-30)37-25-8-16-46-17-9-25/h3-7,18-19,21-22,25,43H,8-17,20H2,1-2H3,(H,36,44)(H,35,37,39)/t21-,22-/m1/s1. The summed E-state index contributed by atoms with van der Waals surface area (Å²) in [6.45, 7) is 9.61. The van der Waals surface area contributed by atoms with Crippen molar-refractivity contribution in [1.82, 2.24) is 30.1 Å². The fourth-order valence-corrected chi connectivity index (χ4v) is 6.40. The number of aliphatic hydroxyl groups excluding tert-OH is 1. The molecule has 5 heterocycles. The van der Waals surface area contributed by atoms with Crippen molar-refractivity contribution in [2.24, 2.45) is 0 Å². The zero-order valence-electron chi connectivity index (χ0n) is 26.3. The van der Waals surface area contributed by atoms with Gasteiger partial charge >= 0.3 is 0 Å².